The van der Waals surface area contributed by atoms with E-state index in [0.717, 1.165) is 81.3 Å². The molecule has 0 spiro atoms. The van der Waals surface area contributed by atoms with Crippen LogP contribution in [0.3, 0.4) is 0 Å². The molecule has 10 nitrogen and oxygen atoms in total. The van der Waals surface area contributed by atoms with Crippen molar-refractivity contribution in [1.29, 1.82) is 0 Å². The van der Waals surface area contributed by atoms with Crippen LogP contribution in [0.2, 0.25) is 0 Å². The van der Waals surface area contributed by atoms with Gasteiger partial charge in [-0.25, -0.2) is 4.79 Å². The Morgan fingerprint density at radius 1 is 0.738 bits per heavy atom. The lowest BCUT2D eigenvalue weighted by Crippen LogP contribution is -2.40. The van der Waals surface area contributed by atoms with Gasteiger partial charge in [-0.2, -0.15) is 0 Å². The van der Waals surface area contributed by atoms with Gasteiger partial charge in [-0.1, -0.05) is 116 Å². The number of nitrogens with zero attached hydrogens (tertiary/aromatic N) is 2. The Kier molecular flexibility index (Phi) is 14.9. The summed E-state index contributed by atoms with van der Waals surface area (Å²) in [6, 6.07) is 37.1. The third-order valence-corrected chi connectivity index (χ3v) is 13.5. The lowest BCUT2D eigenvalue weighted by Gasteiger charge is -2.33. The maximum absolute atomic E-state index is 13.9. The molecule has 338 valence electrons. The highest BCUT2D eigenvalue weighted by Gasteiger charge is 2.42. The summed E-state index contributed by atoms with van der Waals surface area (Å²) in [5.41, 5.74) is 3.63. The van der Waals surface area contributed by atoms with Crippen LogP contribution in [0.4, 0.5) is 0 Å². The van der Waals surface area contributed by atoms with Gasteiger partial charge in [0.1, 0.15) is 18.1 Å². The Bertz CT molecular complexity index is 2420. The zero-order chi connectivity index (χ0) is 45.2. The number of rotatable bonds is 17. The second-order valence-corrected chi connectivity index (χ2v) is 18.0. The van der Waals surface area contributed by atoms with Gasteiger partial charge in [-0.3, -0.25) is 14.5 Å². The molecule has 2 aliphatic heterocycles. The number of phenolic OH excluding ortho intramolecular Hbond substituents is 1. The monoisotopic (exact) mass is 876 g/mol. The van der Waals surface area contributed by atoms with Gasteiger partial charge in [0.15, 0.2) is 5.78 Å². The predicted octanol–water partition coefficient (Wildman–Crippen LogP) is 8.95. The molecule has 0 unspecified atom stereocenters. The van der Waals surface area contributed by atoms with Crippen LogP contribution in [0.15, 0.2) is 127 Å². The molecule has 0 bridgehead atoms. The van der Waals surface area contributed by atoms with Crippen LogP contribution in [0.25, 0.3) is 6.08 Å². The topological polar surface area (TPSA) is 137 Å². The standard InChI is InChI=1S/C55H60N2O8/c58-46-22-23-48-49(24-25-52(60)50(48)35-46)51(59)17-8-7-10-39-28-32-57(33-29-39)53(61)43-20-18-41(19-21-43)37-64-47-16-9-15-45(34-47)55(63,44-13-5-2-6-14-44)54(62)65-38-42-26-30-56(31-27-42)36-40-11-3-1-4-12-40/h1-6,9,11-16,18-25,34,39,42,51,59-60,63H,7-8,10,17,26-33,35-38H2/t51-,55-/m0/s1. The van der Waals surface area contributed by atoms with Crippen molar-refractivity contribution in [3.8, 4) is 11.5 Å². The number of aliphatic hydroxyl groups excluding tert-OH is 1. The average molecular weight is 877 g/mol. The number of fused-ring (bicyclic) bond motifs is 1. The fourth-order valence-electron chi connectivity index (χ4n) is 9.54. The molecule has 2 atom stereocenters. The number of likely N-dealkylation sites (tertiary alicyclic amines) is 2. The van der Waals surface area contributed by atoms with Gasteiger partial charge in [0.25, 0.3) is 5.91 Å². The number of hydrogen-bond acceptors (Lipinski definition) is 9. The molecule has 5 aromatic carbocycles. The van der Waals surface area contributed by atoms with Gasteiger partial charge in [-0.05, 0) is 121 Å². The first-order valence-electron chi connectivity index (χ1n) is 23.2. The van der Waals surface area contributed by atoms with Crippen LogP contribution in [-0.4, -0.2) is 75.6 Å². The minimum Gasteiger partial charge on any atom is -0.508 e. The third-order valence-electron chi connectivity index (χ3n) is 13.5. The maximum Gasteiger partial charge on any atom is 0.347 e. The third kappa shape index (κ3) is 11.2. The molecule has 0 radical (unpaired) electrons. The zero-order valence-corrected chi connectivity index (χ0v) is 37.0. The van der Waals surface area contributed by atoms with Crippen molar-refractivity contribution in [3.05, 3.63) is 172 Å². The van der Waals surface area contributed by atoms with Crippen molar-refractivity contribution in [2.24, 2.45) is 11.8 Å². The minimum absolute atomic E-state index is 0.0142. The first kappa shape index (κ1) is 45.5. The summed E-state index contributed by atoms with van der Waals surface area (Å²) in [5, 5.41) is 33.4. The zero-order valence-electron chi connectivity index (χ0n) is 37.0. The quantitative estimate of drug-likeness (QED) is 0.0618. The Hall–Kier alpha value is -6.07. The molecule has 0 saturated carbocycles. The van der Waals surface area contributed by atoms with E-state index < -0.39 is 17.7 Å². The molecule has 10 heteroatoms. The summed E-state index contributed by atoms with van der Waals surface area (Å²) in [6.45, 7) is 4.62. The van der Waals surface area contributed by atoms with Gasteiger partial charge >= 0.3 is 5.97 Å². The first-order chi connectivity index (χ1) is 31.6. The van der Waals surface area contributed by atoms with Crippen molar-refractivity contribution in [2.75, 3.05) is 32.8 Å². The number of allylic oxidation sites excluding steroid dienone is 1. The number of ether oxygens (including phenoxy) is 2. The molecule has 2 saturated heterocycles. The van der Waals surface area contributed by atoms with Crippen molar-refractivity contribution in [2.45, 2.75) is 82.6 Å². The van der Waals surface area contributed by atoms with E-state index in [1.54, 1.807) is 66.7 Å². The highest BCUT2D eigenvalue weighted by atomic mass is 16.5. The van der Waals surface area contributed by atoms with Gasteiger partial charge in [0.2, 0.25) is 5.60 Å². The number of unbranched alkanes of at least 4 members (excludes halogenated alkanes) is 1. The minimum atomic E-state index is -2.03. The Morgan fingerprint density at radius 2 is 1.43 bits per heavy atom. The van der Waals surface area contributed by atoms with E-state index in [4.69, 9.17) is 9.47 Å². The van der Waals surface area contributed by atoms with Gasteiger partial charge < -0.3 is 29.7 Å². The van der Waals surface area contributed by atoms with E-state index >= 15 is 0 Å². The lowest BCUT2D eigenvalue weighted by atomic mass is 9.86. The molecule has 5 aromatic rings. The van der Waals surface area contributed by atoms with E-state index in [1.165, 1.54) is 11.6 Å². The summed E-state index contributed by atoms with van der Waals surface area (Å²) in [4.78, 5) is 43.6. The van der Waals surface area contributed by atoms with E-state index in [2.05, 4.69) is 29.2 Å². The number of ketones is 1. The predicted molar refractivity (Wildman–Crippen MR) is 250 cm³/mol. The number of piperidine rings is 2. The van der Waals surface area contributed by atoms with E-state index in [1.807, 2.05) is 41.3 Å². The summed E-state index contributed by atoms with van der Waals surface area (Å²) in [5.74, 6) is 0.562. The smallest absolute Gasteiger partial charge is 0.347 e. The molecule has 1 amide bonds. The average Bonchev–Trinajstić information content (AvgIpc) is 3.35. The fourth-order valence-corrected chi connectivity index (χ4v) is 9.54. The van der Waals surface area contributed by atoms with Crippen molar-refractivity contribution >= 4 is 23.7 Å². The van der Waals surface area contributed by atoms with E-state index in [-0.39, 0.29) is 43.0 Å². The van der Waals surface area contributed by atoms with Gasteiger partial charge in [-0.15, -0.1) is 0 Å². The second-order valence-electron chi connectivity index (χ2n) is 18.0. The number of hydrogen-bond donors (Lipinski definition) is 3. The fraction of sp³-hybridized carbons (Fsp3) is 0.364. The Labute approximate surface area is 382 Å². The van der Waals surface area contributed by atoms with Crippen LogP contribution >= 0.6 is 0 Å². The number of aliphatic hydroxyl groups is 2. The number of esters is 1. The highest BCUT2D eigenvalue weighted by Crippen LogP contribution is 2.36. The van der Waals surface area contributed by atoms with Gasteiger partial charge in [0.05, 0.1) is 12.7 Å². The van der Waals surface area contributed by atoms with Crippen LogP contribution in [-0.2, 0) is 39.5 Å². The highest BCUT2D eigenvalue weighted by molar-refractivity contribution is 5.99. The maximum atomic E-state index is 13.9. The summed E-state index contributed by atoms with van der Waals surface area (Å²) < 4.78 is 12.1. The molecule has 3 N–H and O–H groups in total. The van der Waals surface area contributed by atoms with Crippen LogP contribution in [0, 0.1) is 11.8 Å². The number of carbonyl (C=O) groups excluding carboxylic acids is 3. The molecular weight excluding hydrogens is 817 g/mol. The van der Waals surface area contributed by atoms with Crippen LogP contribution in [0.1, 0.15) is 107 Å². The van der Waals surface area contributed by atoms with Crippen LogP contribution < -0.4 is 4.74 Å². The summed E-state index contributed by atoms with van der Waals surface area (Å²) >= 11 is 0. The van der Waals surface area contributed by atoms with E-state index in [9.17, 15) is 29.7 Å². The molecule has 65 heavy (non-hydrogen) atoms. The van der Waals surface area contributed by atoms with Crippen LogP contribution in [0.5, 0.6) is 11.5 Å². The Balaban J connectivity index is 0.789. The molecule has 0 aromatic heterocycles. The molecular formula is C55H60N2O8. The number of benzene rings is 5. The Morgan fingerprint density at radius 3 is 2.17 bits per heavy atom. The molecule has 3 aliphatic rings. The van der Waals surface area contributed by atoms with Gasteiger partial charge in [0, 0.05) is 42.7 Å². The normalized spacial score (nSPS) is 17.3. The lowest BCUT2D eigenvalue weighted by molar-refractivity contribution is -0.164. The number of aromatic hydroxyl groups is 1. The summed E-state index contributed by atoms with van der Waals surface area (Å²) in [6.07, 6.45) is 9.89. The SMILES string of the molecule is O=C1C=Cc2c([C@@H](O)CCCCC3CCN(C(=O)c4ccc(COc5cccc([C@](O)(C(=O)OCC6CCN(Cc7ccccc7)CC6)c6ccccc6)c5)cc4)CC3)ccc(O)c2C1. The van der Waals surface area contributed by atoms with Crippen molar-refractivity contribution < 1.29 is 39.2 Å². The molecule has 2 heterocycles. The van der Waals surface area contributed by atoms with Crippen molar-refractivity contribution in [3.63, 3.8) is 0 Å². The molecule has 2 fully saturated rings. The van der Waals surface area contributed by atoms with E-state index in [0.29, 0.717) is 53.4 Å². The first-order valence-corrected chi connectivity index (χ1v) is 23.2. The number of carbonyl (C=O) groups is 3. The second kappa shape index (κ2) is 21.3. The largest absolute Gasteiger partial charge is 0.508 e. The van der Waals surface area contributed by atoms with Crippen molar-refractivity contribution in [1.82, 2.24) is 9.80 Å². The number of phenols is 1. The molecule has 1 aliphatic carbocycles. The molecule has 8 rings (SSSR count). The number of amides is 1. The summed E-state index contributed by atoms with van der Waals surface area (Å²) in [7, 11) is 0.